The molecule has 0 atom stereocenters. The van der Waals surface area contributed by atoms with Gasteiger partial charge in [0, 0.05) is 0 Å². The van der Waals surface area contributed by atoms with Gasteiger partial charge in [-0.2, -0.15) is 0 Å². The number of rotatable bonds is 0. The molecule has 0 aliphatic carbocycles. The van der Waals surface area contributed by atoms with E-state index in [2.05, 4.69) is 6.58 Å². The van der Waals surface area contributed by atoms with E-state index in [9.17, 15) is 0 Å². The molecule has 0 nitrogen and oxygen atoms in total. The van der Waals surface area contributed by atoms with Crippen LogP contribution in [0.25, 0.3) is 0 Å². The molecule has 0 aliphatic heterocycles. The van der Waals surface area contributed by atoms with Crippen molar-refractivity contribution in [2.24, 2.45) is 0 Å². The fourth-order valence-corrected chi connectivity index (χ4v) is 0. The smallest absolute Gasteiger partial charge is 0.0149 e. The summed E-state index contributed by atoms with van der Waals surface area (Å²) in [6.45, 7) is 7.50. The van der Waals surface area contributed by atoms with Crippen LogP contribution in [-0.2, 0) is 0 Å². The second kappa shape index (κ2) is 3.96. The van der Waals surface area contributed by atoms with Crippen molar-refractivity contribution in [2.75, 3.05) is 0 Å². The maximum absolute atomic E-state index is 3.56. The minimum Gasteiger partial charge on any atom is -0.100 e. The predicted molar refractivity (Wildman–Crippen MR) is 31.8 cm³/mol. The summed E-state index contributed by atoms with van der Waals surface area (Å²) in [5, 5.41) is 0. The summed E-state index contributed by atoms with van der Waals surface area (Å²) >= 11 is 0. The maximum Gasteiger partial charge on any atom is -0.0149 e. The first-order chi connectivity index (χ1) is 1.73. The molecule has 0 aromatic heterocycles. The Morgan fingerprint density at radius 1 is 1.40 bits per heavy atom. The molecule has 0 heterocycles. The predicted octanol–water partition coefficient (Wildman–Crippen LogP) is 0.131. The molecule has 0 rings (SSSR count). The van der Waals surface area contributed by atoms with Crippen LogP contribution in [0.5, 0.6) is 0 Å². The molecule has 1 heteroatoms. The fourth-order valence-electron chi connectivity index (χ4n) is 0. The lowest BCUT2D eigenvalue weighted by atomic mass is 10.4. The van der Waals surface area contributed by atoms with E-state index >= 15 is 0 Å². The van der Waals surface area contributed by atoms with Crippen LogP contribution in [0.4, 0.5) is 0 Å². The van der Waals surface area contributed by atoms with Gasteiger partial charge in [-0.1, -0.05) is 5.57 Å². The van der Waals surface area contributed by atoms with Gasteiger partial charge >= 0.3 is 0 Å². The van der Waals surface area contributed by atoms with Crippen LogP contribution >= 0.6 is 0 Å². The Bertz CT molecular complexity index is 26.6. The SMILES string of the molecule is C=C(C)C.[SiH4]. The van der Waals surface area contributed by atoms with Crippen molar-refractivity contribution in [3.05, 3.63) is 12.2 Å². The topological polar surface area (TPSA) is 0 Å². The molecule has 0 aliphatic rings. The van der Waals surface area contributed by atoms with E-state index in [1.54, 1.807) is 0 Å². The average Bonchev–Trinajstić information content (AvgIpc) is 0.811. The van der Waals surface area contributed by atoms with Crippen molar-refractivity contribution in [1.82, 2.24) is 0 Å². The minimum absolute atomic E-state index is 0. The number of allylic oxidation sites excluding steroid dienone is 1. The summed E-state index contributed by atoms with van der Waals surface area (Å²) < 4.78 is 0. The summed E-state index contributed by atoms with van der Waals surface area (Å²) in [6, 6.07) is 0. The lowest BCUT2D eigenvalue weighted by Gasteiger charge is -1.65. The molecule has 0 bridgehead atoms. The molecule has 0 saturated carbocycles. The van der Waals surface area contributed by atoms with Gasteiger partial charge in [-0.05, 0) is 24.8 Å². The molecule has 0 unspecified atom stereocenters. The van der Waals surface area contributed by atoms with E-state index in [-0.39, 0.29) is 11.0 Å². The highest BCUT2D eigenvalue weighted by molar-refractivity contribution is 5.75. The maximum atomic E-state index is 3.56. The first-order valence-electron chi connectivity index (χ1n) is 1.35. The fraction of sp³-hybridized carbons (Fsp3) is 0.500. The molecule has 0 aromatic carbocycles. The van der Waals surface area contributed by atoms with Crippen molar-refractivity contribution in [2.45, 2.75) is 13.8 Å². The Labute approximate surface area is 37.9 Å². The van der Waals surface area contributed by atoms with E-state index in [1.165, 1.54) is 5.57 Å². The van der Waals surface area contributed by atoms with Crippen LogP contribution in [0.15, 0.2) is 12.2 Å². The monoisotopic (exact) mass is 88.1 g/mol. The Kier molecular flexibility index (Phi) is 7.02. The summed E-state index contributed by atoms with van der Waals surface area (Å²) in [4.78, 5) is 0. The summed E-state index contributed by atoms with van der Waals surface area (Å²) in [5.74, 6) is 0. The number of hydrogen-bond acceptors (Lipinski definition) is 0. The summed E-state index contributed by atoms with van der Waals surface area (Å²) in [5.41, 5.74) is 1.17. The lowest BCUT2D eigenvalue weighted by Crippen LogP contribution is -1.43. The van der Waals surface area contributed by atoms with Gasteiger partial charge < -0.3 is 0 Å². The second-order valence-electron chi connectivity index (χ2n) is 1.21. The van der Waals surface area contributed by atoms with Crippen LogP contribution < -0.4 is 0 Å². The van der Waals surface area contributed by atoms with Crippen molar-refractivity contribution < 1.29 is 0 Å². The highest BCUT2D eigenvalue weighted by atomic mass is 28.1. The Hall–Kier alpha value is -0.0431. The Morgan fingerprint density at radius 2 is 1.40 bits per heavy atom. The first kappa shape index (κ1) is 8.88. The van der Waals surface area contributed by atoms with Crippen LogP contribution in [0.1, 0.15) is 13.8 Å². The van der Waals surface area contributed by atoms with Gasteiger partial charge in [-0.25, -0.2) is 0 Å². The summed E-state index contributed by atoms with van der Waals surface area (Å²) in [6.07, 6.45) is 0. The molecule has 0 fully saturated rings. The highest BCUT2D eigenvalue weighted by Gasteiger charge is 1.51. The first-order valence-corrected chi connectivity index (χ1v) is 1.35. The van der Waals surface area contributed by atoms with Crippen molar-refractivity contribution >= 4 is 11.0 Å². The third-order valence-corrected chi connectivity index (χ3v) is 0. The third kappa shape index (κ3) is 8150. The zero-order valence-electron chi connectivity index (χ0n) is 3.21. The molecule has 32 valence electrons. The third-order valence-electron chi connectivity index (χ3n) is 0. The summed E-state index contributed by atoms with van der Waals surface area (Å²) in [7, 11) is 0. The van der Waals surface area contributed by atoms with Gasteiger partial charge in [0.15, 0.2) is 0 Å². The standard InChI is InChI=1S/C4H8.H4Si/c1-4(2)3;/h1H2,2-3H3;1H4. The van der Waals surface area contributed by atoms with Crippen LogP contribution in [0.2, 0.25) is 0 Å². The van der Waals surface area contributed by atoms with Gasteiger partial charge in [0.25, 0.3) is 0 Å². The quantitative estimate of drug-likeness (QED) is 0.292. The molecule has 0 N–H and O–H groups in total. The van der Waals surface area contributed by atoms with Crippen molar-refractivity contribution in [3.63, 3.8) is 0 Å². The average molecular weight is 88.2 g/mol. The van der Waals surface area contributed by atoms with Gasteiger partial charge in [0.05, 0.1) is 0 Å². The second-order valence-corrected chi connectivity index (χ2v) is 1.21. The Balaban J connectivity index is 0. The van der Waals surface area contributed by atoms with Crippen LogP contribution in [0.3, 0.4) is 0 Å². The molecule has 5 heavy (non-hydrogen) atoms. The van der Waals surface area contributed by atoms with Crippen molar-refractivity contribution in [3.8, 4) is 0 Å². The normalized spacial score (nSPS) is 5.20. The minimum atomic E-state index is 0. The van der Waals surface area contributed by atoms with Gasteiger partial charge in [0.2, 0.25) is 0 Å². The molecular formula is C4H12Si. The van der Waals surface area contributed by atoms with E-state index < -0.39 is 0 Å². The number of hydrogen-bond donors (Lipinski definition) is 0. The Morgan fingerprint density at radius 3 is 1.40 bits per heavy atom. The van der Waals surface area contributed by atoms with Crippen LogP contribution in [0, 0.1) is 0 Å². The molecule has 0 saturated heterocycles. The van der Waals surface area contributed by atoms with Crippen molar-refractivity contribution in [1.29, 1.82) is 0 Å². The zero-order valence-corrected chi connectivity index (χ0v) is 3.21. The van der Waals surface area contributed by atoms with Crippen LogP contribution in [-0.4, -0.2) is 11.0 Å². The molecule has 0 spiro atoms. The van der Waals surface area contributed by atoms with E-state index in [0.29, 0.717) is 0 Å². The van der Waals surface area contributed by atoms with Gasteiger partial charge in [-0.3, -0.25) is 0 Å². The molecule has 0 radical (unpaired) electrons. The highest BCUT2D eigenvalue weighted by Crippen LogP contribution is 1.73. The van der Waals surface area contributed by atoms with E-state index in [0.717, 1.165) is 0 Å². The molecular weight excluding hydrogens is 76.1 g/mol. The van der Waals surface area contributed by atoms with E-state index in [4.69, 9.17) is 0 Å². The van der Waals surface area contributed by atoms with Gasteiger partial charge in [0.1, 0.15) is 0 Å². The zero-order chi connectivity index (χ0) is 3.58. The molecule has 0 amide bonds. The van der Waals surface area contributed by atoms with Gasteiger partial charge in [-0.15, -0.1) is 6.58 Å². The molecule has 0 aromatic rings. The largest absolute Gasteiger partial charge is 0.100 e. The van der Waals surface area contributed by atoms with E-state index in [1.807, 2.05) is 13.8 Å². The lowest BCUT2D eigenvalue weighted by molar-refractivity contribution is 1.42.